The van der Waals surface area contributed by atoms with Crippen LogP contribution in [0.25, 0.3) is 0 Å². The summed E-state index contributed by atoms with van der Waals surface area (Å²) in [6, 6.07) is 4.54. The van der Waals surface area contributed by atoms with Crippen LogP contribution >= 0.6 is 11.6 Å². The number of amides is 1. The van der Waals surface area contributed by atoms with Crippen molar-refractivity contribution in [1.29, 1.82) is 0 Å². The summed E-state index contributed by atoms with van der Waals surface area (Å²) in [7, 11) is -3.20. The van der Waals surface area contributed by atoms with Crippen LogP contribution in [-0.4, -0.2) is 37.2 Å². The molecule has 1 saturated heterocycles. The Morgan fingerprint density at radius 1 is 1.39 bits per heavy atom. The van der Waals surface area contributed by atoms with Gasteiger partial charge in [-0.25, -0.2) is 12.8 Å². The monoisotopic (exact) mass is 291 g/mol. The fraction of sp³-hybridized carbons (Fsp3) is 0.364. The molecule has 1 aromatic carbocycles. The molecule has 1 amide bonds. The summed E-state index contributed by atoms with van der Waals surface area (Å²) < 4.78 is 35.6. The molecule has 0 aliphatic carbocycles. The molecule has 98 valence electrons. The van der Waals surface area contributed by atoms with Crippen molar-refractivity contribution in [1.82, 2.24) is 5.32 Å². The normalized spacial score (nSPS) is 25.9. The first-order valence-corrected chi connectivity index (χ1v) is 7.54. The van der Waals surface area contributed by atoms with Gasteiger partial charge in [-0.1, -0.05) is 6.07 Å². The maximum Gasteiger partial charge on any atom is 0.251 e. The van der Waals surface area contributed by atoms with E-state index in [2.05, 4.69) is 5.32 Å². The summed E-state index contributed by atoms with van der Waals surface area (Å²) in [5, 5.41) is 1.87. The number of hydrogen-bond acceptors (Lipinski definition) is 3. The number of benzene rings is 1. The number of rotatable bonds is 2. The third-order valence-electron chi connectivity index (χ3n) is 2.69. The van der Waals surface area contributed by atoms with Crippen LogP contribution in [0.5, 0.6) is 0 Å². The second-order valence-corrected chi connectivity index (χ2v) is 6.90. The second kappa shape index (κ2) is 4.85. The SMILES string of the molecule is O=C(NC1CS(=O)(=O)CC1Cl)c1cccc(F)c1. The first-order valence-electron chi connectivity index (χ1n) is 5.28. The fourth-order valence-electron chi connectivity index (χ4n) is 1.82. The van der Waals surface area contributed by atoms with E-state index in [1.807, 2.05) is 0 Å². The third kappa shape index (κ3) is 3.00. The molecule has 1 fully saturated rings. The van der Waals surface area contributed by atoms with Crippen molar-refractivity contribution >= 4 is 27.3 Å². The molecule has 1 N–H and O–H groups in total. The molecule has 0 spiro atoms. The molecular weight excluding hydrogens is 281 g/mol. The van der Waals surface area contributed by atoms with Crippen LogP contribution in [0.1, 0.15) is 10.4 Å². The second-order valence-electron chi connectivity index (χ2n) is 4.18. The van der Waals surface area contributed by atoms with Crippen molar-refractivity contribution in [2.45, 2.75) is 11.4 Å². The topological polar surface area (TPSA) is 63.2 Å². The van der Waals surface area contributed by atoms with E-state index in [0.29, 0.717) is 0 Å². The molecule has 4 nitrogen and oxygen atoms in total. The Labute approximate surface area is 109 Å². The molecule has 2 rings (SSSR count). The van der Waals surface area contributed by atoms with Crippen molar-refractivity contribution in [3.63, 3.8) is 0 Å². The van der Waals surface area contributed by atoms with Gasteiger partial charge in [-0.3, -0.25) is 4.79 Å². The molecule has 7 heteroatoms. The lowest BCUT2D eigenvalue weighted by Crippen LogP contribution is -2.40. The van der Waals surface area contributed by atoms with Gasteiger partial charge in [0.05, 0.1) is 22.9 Å². The summed E-state index contributed by atoms with van der Waals surface area (Å²) in [6.07, 6.45) is 0. The molecule has 1 aromatic rings. The minimum atomic E-state index is -3.20. The number of carbonyl (C=O) groups is 1. The van der Waals surface area contributed by atoms with Crippen molar-refractivity contribution in [3.05, 3.63) is 35.6 Å². The zero-order valence-corrected chi connectivity index (χ0v) is 10.8. The standard InChI is InChI=1S/C11H11ClFNO3S/c12-9-5-18(16,17)6-10(9)14-11(15)7-2-1-3-8(13)4-7/h1-4,9-10H,5-6H2,(H,14,15). The minimum Gasteiger partial charge on any atom is -0.347 e. The molecule has 18 heavy (non-hydrogen) atoms. The molecule has 0 saturated carbocycles. The molecule has 2 atom stereocenters. The fourth-order valence-corrected chi connectivity index (χ4v) is 4.37. The predicted octanol–water partition coefficient (Wildman–Crippen LogP) is 0.960. The van der Waals surface area contributed by atoms with E-state index in [1.54, 1.807) is 0 Å². The summed E-state index contributed by atoms with van der Waals surface area (Å²) >= 11 is 5.86. The summed E-state index contributed by atoms with van der Waals surface area (Å²) in [4.78, 5) is 11.8. The Hall–Kier alpha value is -1.14. The van der Waals surface area contributed by atoms with Gasteiger partial charge < -0.3 is 5.32 Å². The van der Waals surface area contributed by atoms with Gasteiger partial charge in [0.15, 0.2) is 9.84 Å². The molecule has 0 aromatic heterocycles. The highest BCUT2D eigenvalue weighted by Gasteiger charge is 2.37. The van der Waals surface area contributed by atoms with Crippen molar-refractivity contribution < 1.29 is 17.6 Å². The molecule has 2 unspecified atom stereocenters. The van der Waals surface area contributed by atoms with Crippen LogP contribution in [0, 0.1) is 5.82 Å². The lowest BCUT2D eigenvalue weighted by Gasteiger charge is -2.14. The number of carbonyl (C=O) groups excluding carboxylic acids is 1. The largest absolute Gasteiger partial charge is 0.347 e. The summed E-state index contributed by atoms with van der Waals surface area (Å²) in [5.41, 5.74) is 0.142. The maximum atomic E-state index is 12.9. The summed E-state index contributed by atoms with van der Waals surface area (Å²) in [6.45, 7) is 0. The van der Waals surface area contributed by atoms with E-state index in [0.717, 1.165) is 6.07 Å². The Bertz CT molecular complexity index is 575. The summed E-state index contributed by atoms with van der Waals surface area (Å²) in [5.74, 6) is -1.38. The van der Waals surface area contributed by atoms with E-state index in [-0.39, 0.29) is 17.1 Å². The van der Waals surface area contributed by atoms with Crippen LogP contribution < -0.4 is 5.32 Å². The van der Waals surface area contributed by atoms with Gasteiger partial charge >= 0.3 is 0 Å². The zero-order valence-electron chi connectivity index (χ0n) is 9.27. The van der Waals surface area contributed by atoms with Gasteiger partial charge in [0.25, 0.3) is 5.91 Å². The van der Waals surface area contributed by atoms with Crippen LogP contribution in [0.2, 0.25) is 0 Å². The number of alkyl halides is 1. The van der Waals surface area contributed by atoms with Gasteiger partial charge in [-0.05, 0) is 18.2 Å². The number of sulfone groups is 1. The molecule has 1 aliphatic rings. The smallest absolute Gasteiger partial charge is 0.251 e. The van der Waals surface area contributed by atoms with Crippen LogP contribution in [0.4, 0.5) is 4.39 Å². The Kier molecular flexibility index (Phi) is 3.59. The maximum absolute atomic E-state index is 12.9. The van der Waals surface area contributed by atoms with Gasteiger partial charge in [0.1, 0.15) is 5.82 Å². The van der Waals surface area contributed by atoms with Crippen LogP contribution in [0.15, 0.2) is 24.3 Å². The third-order valence-corrected chi connectivity index (χ3v) is 5.06. The lowest BCUT2D eigenvalue weighted by atomic mass is 10.2. The highest BCUT2D eigenvalue weighted by atomic mass is 35.5. The van der Waals surface area contributed by atoms with Gasteiger partial charge in [0, 0.05) is 5.56 Å². The quantitative estimate of drug-likeness (QED) is 0.826. The van der Waals surface area contributed by atoms with Gasteiger partial charge in [0.2, 0.25) is 0 Å². The number of nitrogens with one attached hydrogen (secondary N) is 1. The van der Waals surface area contributed by atoms with Crippen molar-refractivity contribution in [2.75, 3.05) is 11.5 Å². The first-order chi connectivity index (χ1) is 8.37. The van der Waals surface area contributed by atoms with Gasteiger partial charge in [-0.15, -0.1) is 11.6 Å². The molecule has 0 bridgehead atoms. The average Bonchev–Trinajstić information content (AvgIpc) is 2.51. The predicted molar refractivity (Wildman–Crippen MR) is 65.9 cm³/mol. The van der Waals surface area contributed by atoms with E-state index in [9.17, 15) is 17.6 Å². The van der Waals surface area contributed by atoms with Gasteiger partial charge in [-0.2, -0.15) is 0 Å². The highest BCUT2D eigenvalue weighted by molar-refractivity contribution is 7.91. The molecular formula is C11H11ClFNO3S. The lowest BCUT2D eigenvalue weighted by molar-refractivity contribution is 0.0941. The number of hydrogen-bond donors (Lipinski definition) is 1. The van der Waals surface area contributed by atoms with E-state index < -0.39 is 33.0 Å². The first kappa shape index (κ1) is 13.3. The minimum absolute atomic E-state index is 0.142. The van der Waals surface area contributed by atoms with Crippen molar-refractivity contribution in [3.8, 4) is 0 Å². The van der Waals surface area contributed by atoms with Crippen molar-refractivity contribution in [2.24, 2.45) is 0 Å². The van der Waals surface area contributed by atoms with Crippen LogP contribution in [-0.2, 0) is 9.84 Å². The van der Waals surface area contributed by atoms with Crippen LogP contribution in [0.3, 0.4) is 0 Å². The Balaban J connectivity index is 2.09. The average molecular weight is 292 g/mol. The van der Waals surface area contributed by atoms with E-state index in [1.165, 1.54) is 18.2 Å². The zero-order chi connectivity index (χ0) is 13.3. The molecule has 1 heterocycles. The Morgan fingerprint density at radius 3 is 2.67 bits per heavy atom. The molecule has 1 aliphatic heterocycles. The van der Waals surface area contributed by atoms with E-state index >= 15 is 0 Å². The highest BCUT2D eigenvalue weighted by Crippen LogP contribution is 2.18. The Morgan fingerprint density at radius 2 is 2.11 bits per heavy atom. The molecule has 0 radical (unpaired) electrons. The number of halogens is 2. The van der Waals surface area contributed by atoms with E-state index in [4.69, 9.17) is 11.6 Å².